The smallest absolute Gasteiger partial charge is 0.229 e. The van der Waals surface area contributed by atoms with E-state index in [0.717, 1.165) is 0 Å². The summed E-state index contributed by atoms with van der Waals surface area (Å²) in [6, 6.07) is 6.80. The van der Waals surface area contributed by atoms with Crippen LogP contribution in [0.3, 0.4) is 0 Å². The fourth-order valence-electron chi connectivity index (χ4n) is 2.34. The number of hydrogen-bond acceptors (Lipinski definition) is 7. The van der Waals surface area contributed by atoms with Crippen molar-refractivity contribution in [2.45, 2.75) is 30.7 Å². The summed E-state index contributed by atoms with van der Waals surface area (Å²) in [4.78, 5) is 0. The SMILES string of the molecule is CO[C@H]1[C@@H](Oc2ccc(N)cc2)O[C@H](CO)[C@H](O)[C@@H]1OC. The molecule has 0 saturated carbocycles. The number of aliphatic hydroxyl groups excluding tert-OH is 2. The van der Waals surface area contributed by atoms with Crippen LogP contribution in [0.4, 0.5) is 5.69 Å². The third-order valence-electron chi connectivity index (χ3n) is 3.48. The number of methoxy groups -OCH3 is 2. The van der Waals surface area contributed by atoms with Gasteiger partial charge in [-0.2, -0.15) is 0 Å². The van der Waals surface area contributed by atoms with Crippen molar-refractivity contribution in [3.63, 3.8) is 0 Å². The average molecular weight is 299 g/mol. The molecule has 1 saturated heterocycles. The minimum absolute atomic E-state index is 0.348. The summed E-state index contributed by atoms with van der Waals surface area (Å²) in [7, 11) is 2.94. The summed E-state index contributed by atoms with van der Waals surface area (Å²) in [5, 5.41) is 19.4. The third kappa shape index (κ3) is 3.45. The lowest BCUT2D eigenvalue weighted by molar-refractivity contribution is -0.287. The second-order valence-corrected chi connectivity index (χ2v) is 4.80. The van der Waals surface area contributed by atoms with Crippen molar-refractivity contribution in [1.82, 2.24) is 0 Å². The maximum Gasteiger partial charge on any atom is 0.229 e. The molecule has 21 heavy (non-hydrogen) atoms. The van der Waals surface area contributed by atoms with Crippen molar-refractivity contribution in [1.29, 1.82) is 0 Å². The van der Waals surface area contributed by atoms with E-state index in [0.29, 0.717) is 11.4 Å². The number of nitrogens with two attached hydrogens (primary N) is 1. The predicted octanol–water partition coefficient (Wildman–Crippen LogP) is -0.244. The highest BCUT2D eigenvalue weighted by molar-refractivity contribution is 5.41. The second kappa shape index (κ2) is 7.06. The first-order valence-corrected chi connectivity index (χ1v) is 6.63. The van der Waals surface area contributed by atoms with E-state index < -0.39 is 30.7 Å². The van der Waals surface area contributed by atoms with Crippen LogP contribution in [0.5, 0.6) is 5.75 Å². The van der Waals surface area contributed by atoms with Crippen LogP contribution in [0.2, 0.25) is 0 Å². The van der Waals surface area contributed by atoms with Crippen LogP contribution in [-0.2, 0) is 14.2 Å². The highest BCUT2D eigenvalue weighted by atomic mass is 16.7. The fourth-order valence-corrected chi connectivity index (χ4v) is 2.34. The van der Waals surface area contributed by atoms with E-state index in [1.165, 1.54) is 14.2 Å². The molecule has 5 atom stereocenters. The quantitative estimate of drug-likeness (QED) is 0.644. The van der Waals surface area contributed by atoms with E-state index >= 15 is 0 Å². The Kier molecular flexibility index (Phi) is 5.38. The Balaban J connectivity index is 2.16. The Morgan fingerprint density at radius 1 is 1.14 bits per heavy atom. The predicted molar refractivity (Wildman–Crippen MR) is 74.8 cm³/mol. The van der Waals surface area contributed by atoms with Gasteiger partial charge in [-0.3, -0.25) is 0 Å². The van der Waals surface area contributed by atoms with Crippen LogP contribution in [0.25, 0.3) is 0 Å². The van der Waals surface area contributed by atoms with Gasteiger partial charge < -0.3 is 34.9 Å². The zero-order valence-corrected chi connectivity index (χ0v) is 12.0. The highest BCUT2D eigenvalue weighted by Crippen LogP contribution is 2.27. The molecule has 1 aliphatic heterocycles. The Labute approximate surface area is 123 Å². The lowest BCUT2D eigenvalue weighted by Gasteiger charge is -2.42. The molecule has 0 spiro atoms. The highest BCUT2D eigenvalue weighted by Gasteiger charge is 2.47. The van der Waals surface area contributed by atoms with Gasteiger partial charge in [0.15, 0.2) is 0 Å². The van der Waals surface area contributed by atoms with Gasteiger partial charge >= 0.3 is 0 Å². The molecule has 1 heterocycles. The Morgan fingerprint density at radius 2 is 1.76 bits per heavy atom. The minimum Gasteiger partial charge on any atom is -0.462 e. The van der Waals surface area contributed by atoms with Gasteiger partial charge in [0, 0.05) is 19.9 Å². The maximum absolute atomic E-state index is 10.1. The average Bonchev–Trinajstić information content (AvgIpc) is 2.50. The molecule has 7 heteroatoms. The van der Waals surface area contributed by atoms with Crippen molar-refractivity contribution in [3.8, 4) is 5.75 Å². The van der Waals surface area contributed by atoms with Crippen molar-refractivity contribution in [3.05, 3.63) is 24.3 Å². The van der Waals surface area contributed by atoms with E-state index in [4.69, 9.17) is 24.7 Å². The minimum atomic E-state index is -1.00. The van der Waals surface area contributed by atoms with E-state index in [1.54, 1.807) is 24.3 Å². The van der Waals surface area contributed by atoms with Gasteiger partial charge in [0.25, 0.3) is 0 Å². The van der Waals surface area contributed by atoms with Crippen LogP contribution in [0.15, 0.2) is 24.3 Å². The number of hydrogen-bond donors (Lipinski definition) is 3. The molecule has 0 amide bonds. The van der Waals surface area contributed by atoms with Crippen LogP contribution in [0, 0.1) is 0 Å². The molecule has 7 nitrogen and oxygen atoms in total. The molecule has 118 valence electrons. The normalized spacial score (nSPS) is 32.9. The van der Waals surface area contributed by atoms with Crippen LogP contribution >= 0.6 is 0 Å². The summed E-state index contributed by atoms with van der Waals surface area (Å²) < 4.78 is 21.9. The van der Waals surface area contributed by atoms with Gasteiger partial charge in [0.2, 0.25) is 6.29 Å². The fraction of sp³-hybridized carbons (Fsp3) is 0.571. The summed E-state index contributed by atoms with van der Waals surface area (Å²) in [6.45, 7) is -0.348. The molecular weight excluding hydrogens is 278 g/mol. The molecule has 0 aromatic heterocycles. The summed E-state index contributed by atoms with van der Waals surface area (Å²) in [6.07, 6.45) is -3.93. The molecule has 0 bridgehead atoms. The molecule has 1 aromatic rings. The van der Waals surface area contributed by atoms with Gasteiger partial charge in [-0.25, -0.2) is 0 Å². The Hall–Kier alpha value is -1.38. The van der Waals surface area contributed by atoms with Crippen LogP contribution in [-0.4, -0.2) is 61.7 Å². The molecule has 1 aliphatic rings. The first-order valence-electron chi connectivity index (χ1n) is 6.63. The van der Waals surface area contributed by atoms with E-state index in [9.17, 15) is 10.2 Å². The lowest BCUT2D eigenvalue weighted by Crippen LogP contribution is -2.61. The second-order valence-electron chi connectivity index (χ2n) is 4.80. The van der Waals surface area contributed by atoms with Crippen LogP contribution in [0.1, 0.15) is 0 Å². The Morgan fingerprint density at radius 3 is 2.29 bits per heavy atom. The van der Waals surface area contributed by atoms with Gasteiger partial charge in [-0.05, 0) is 24.3 Å². The van der Waals surface area contributed by atoms with Gasteiger partial charge in [0.05, 0.1) is 6.61 Å². The molecule has 0 unspecified atom stereocenters. The van der Waals surface area contributed by atoms with E-state index in [1.807, 2.05) is 0 Å². The first kappa shape index (κ1) is 16.0. The lowest BCUT2D eigenvalue weighted by atomic mass is 9.99. The maximum atomic E-state index is 10.1. The summed E-state index contributed by atoms with van der Waals surface area (Å²) in [5.74, 6) is 0.541. The monoisotopic (exact) mass is 299 g/mol. The molecule has 1 aromatic carbocycles. The van der Waals surface area contributed by atoms with Gasteiger partial charge in [0.1, 0.15) is 30.2 Å². The molecule has 0 aliphatic carbocycles. The molecule has 1 fully saturated rings. The number of aliphatic hydroxyl groups is 2. The number of nitrogen functional groups attached to an aromatic ring is 1. The van der Waals surface area contributed by atoms with Crippen molar-refractivity contribution >= 4 is 5.69 Å². The standard InChI is InChI=1S/C14H21NO6/c1-18-12-11(17)10(7-16)21-14(13(12)19-2)20-9-5-3-8(15)4-6-9/h3-6,10-14,16-17H,7,15H2,1-2H3/t10-,11+,12+,13-,14+/m1/s1. The number of rotatable bonds is 5. The molecule has 4 N–H and O–H groups in total. The third-order valence-corrected chi connectivity index (χ3v) is 3.48. The van der Waals surface area contributed by atoms with E-state index in [2.05, 4.69) is 0 Å². The zero-order valence-electron chi connectivity index (χ0n) is 12.0. The zero-order chi connectivity index (χ0) is 15.4. The van der Waals surface area contributed by atoms with Crippen LogP contribution < -0.4 is 10.5 Å². The van der Waals surface area contributed by atoms with E-state index in [-0.39, 0.29) is 6.61 Å². The topological polar surface area (TPSA) is 103 Å². The number of ether oxygens (including phenoxy) is 4. The van der Waals surface area contributed by atoms with Crippen molar-refractivity contribution < 1.29 is 29.2 Å². The van der Waals surface area contributed by atoms with Crippen molar-refractivity contribution in [2.24, 2.45) is 0 Å². The molecule has 2 rings (SSSR count). The first-order chi connectivity index (χ1) is 10.1. The van der Waals surface area contributed by atoms with Gasteiger partial charge in [-0.15, -0.1) is 0 Å². The summed E-state index contributed by atoms with van der Waals surface area (Å²) >= 11 is 0. The Bertz CT molecular complexity index is 440. The van der Waals surface area contributed by atoms with Crippen molar-refractivity contribution in [2.75, 3.05) is 26.6 Å². The molecular formula is C14H21NO6. The molecule has 0 radical (unpaired) electrons. The number of benzene rings is 1. The largest absolute Gasteiger partial charge is 0.462 e. The number of anilines is 1. The van der Waals surface area contributed by atoms with Gasteiger partial charge in [-0.1, -0.05) is 0 Å². The summed E-state index contributed by atoms with van der Waals surface area (Å²) in [5.41, 5.74) is 6.24.